The standard InChI is InChI=1S/C24H20FN3O2S/c1-16-9-3-8-14-21(16)28-22(19-12-6-7-13-20(19)25)26-27-24(28)31-15-17-10-4-5-11-18(17)23(29)30-2/h3-14H,15H2,1-2H3. The van der Waals surface area contributed by atoms with Crippen LogP contribution in [0.4, 0.5) is 4.39 Å². The number of rotatable bonds is 6. The van der Waals surface area contributed by atoms with E-state index in [0.29, 0.717) is 27.9 Å². The second kappa shape index (κ2) is 9.14. The molecule has 5 nitrogen and oxygen atoms in total. The molecule has 0 radical (unpaired) electrons. The predicted molar refractivity (Wildman–Crippen MR) is 119 cm³/mol. The Morgan fingerprint density at radius 1 is 1.00 bits per heavy atom. The van der Waals surface area contributed by atoms with E-state index in [4.69, 9.17) is 4.74 Å². The first-order valence-corrected chi connectivity index (χ1v) is 10.6. The van der Waals surface area contributed by atoms with Crippen LogP contribution in [-0.4, -0.2) is 27.8 Å². The van der Waals surface area contributed by atoms with Gasteiger partial charge in [0.05, 0.1) is 23.9 Å². The van der Waals surface area contributed by atoms with Crippen LogP contribution in [0.1, 0.15) is 21.5 Å². The summed E-state index contributed by atoms with van der Waals surface area (Å²) < 4.78 is 21.3. The lowest BCUT2D eigenvalue weighted by Gasteiger charge is -2.13. The van der Waals surface area contributed by atoms with Crippen molar-refractivity contribution in [2.45, 2.75) is 17.8 Å². The predicted octanol–water partition coefficient (Wildman–Crippen LogP) is 5.46. The van der Waals surface area contributed by atoms with E-state index in [9.17, 15) is 9.18 Å². The van der Waals surface area contributed by atoms with Crippen molar-refractivity contribution in [3.8, 4) is 17.1 Å². The number of methoxy groups -OCH3 is 1. The van der Waals surface area contributed by atoms with Crippen LogP contribution in [0.25, 0.3) is 17.1 Å². The summed E-state index contributed by atoms with van der Waals surface area (Å²) in [5.41, 5.74) is 3.59. The lowest BCUT2D eigenvalue weighted by atomic mass is 10.1. The third-order valence-electron chi connectivity index (χ3n) is 4.88. The third-order valence-corrected chi connectivity index (χ3v) is 5.86. The number of ether oxygens (including phenoxy) is 1. The molecular formula is C24H20FN3O2S. The van der Waals surface area contributed by atoms with Crippen molar-refractivity contribution in [2.75, 3.05) is 7.11 Å². The molecule has 4 aromatic rings. The van der Waals surface area contributed by atoms with E-state index in [2.05, 4.69) is 10.2 Å². The zero-order chi connectivity index (χ0) is 21.8. The Balaban J connectivity index is 1.77. The van der Waals surface area contributed by atoms with Crippen molar-refractivity contribution in [1.82, 2.24) is 14.8 Å². The number of carbonyl (C=O) groups is 1. The van der Waals surface area contributed by atoms with Crippen LogP contribution in [0.5, 0.6) is 0 Å². The summed E-state index contributed by atoms with van der Waals surface area (Å²) >= 11 is 1.43. The topological polar surface area (TPSA) is 57.0 Å². The molecule has 4 rings (SSSR count). The van der Waals surface area contributed by atoms with Gasteiger partial charge in [-0.3, -0.25) is 4.57 Å². The summed E-state index contributed by atoms with van der Waals surface area (Å²) in [6.07, 6.45) is 0. The smallest absolute Gasteiger partial charge is 0.338 e. The highest BCUT2D eigenvalue weighted by molar-refractivity contribution is 7.98. The molecule has 0 bridgehead atoms. The minimum absolute atomic E-state index is 0.364. The highest BCUT2D eigenvalue weighted by Gasteiger charge is 2.20. The summed E-state index contributed by atoms with van der Waals surface area (Å²) in [5, 5.41) is 9.27. The molecule has 156 valence electrons. The normalized spacial score (nSPS) is 10.8. The Bertz CT molecular complexity index is 1240. The number of esters is 1. The van der Waals surface area contributed by atoms with Gasteiger partial charge in [0.2, 0.25) is 0 Å². The fourth-order valence-electron chi connectivity index (χ4n) is 3.31. The van der Waals surface area contributed by atoms with Crippen LogP contribution in [0.15, 0.2) is 78.0 Å². The molecule has 0 saturated carbocycles. The zero-order valence-electron chi connectivity index (χ0n) is 17.1. The molecule has 0 aliphatic carbocycles. The maximum atomic E-state index is 14.6. The average Bonchev–Trinajstić information content (AvgIpc) is 3.21. The number of halogens is 1. The molecule has 3 aromatic carbocycles. The molecule has 0 amide bonds. The van der Waals surface area contributed by atoms with Crippen molar-refractivity contribution in [1.29, 1.82) is 0 Å². The van der Waals surface area contributed by atoms with Crippen LogP contribution >= 0.6 is 11.8 Å². The number of thioether (sulfide) groups is 1. The van der Waals surface area contributed by atoms with E-state index in [1.165, 1.54) is 24.9 Å². The minimum Gasteiger partial charge on any atom is -0.465 e. The van der Waals surface area contributed by atoms with Gasteiger partial charge in [0.15, 0.2) is 11.0 Å². The fourth-order valence-corrected chi connectivity index (χ4v) is 4.26. The average molecular weight is 434 g/mol. The summed E-state index contributed by atoms with van der Waals surface area (Å²) in [7, 11) is 1.36. The molecule has 0 aliphatic heterocycles. The molecule has 1 aromatic heterocycles. The van der Waals surface area contributed by atoms with Gasteiger partial charge in [0, 0.05) is 5.75 Å². The van der Waals surface area contributed by atoms with Crippen molar-refractivity contribution < 1.29 is 13.9 Å². The number of aromatic nitrogens is 3. The molecule has 1 heterocycles. The summed E-state index contributed by atoms with van der Waals surface area (Å²) in [5.74, 6) is 0.157. The lowest BCUT2D eigenvalue weighted by Crippen LogP contribution is -2.05. The van der Waals surface area contributed by atoms with Crippen molar-refractivity contribution in [3.63, 3.8) is 0 Å². The number of para-hydroxylation sites is 1. The van der Waals surface area contributed by atoms with Gasteiger partial charge in [-0.25, -0.2) is 9.18 Å². The highest BCUT2D eigenvalue weighted by Crippen LogP contribution is 2.32. The molecular weight excluding hydrogens is 413 g/mol. The van der Waals surface area contributed by atoms with Gasteiger partial charge in [-0.2, -0.15) is 0 Å². The van der Waals surface area contributed by atoms with E-state index < -0.39 is 0 Å². The van der Waals surface area contributed by atoms with Gasteiger partial charge in [-0.1, -0.05) is 60.3 Å². The van der Waals surface area contributed by atoms with Crippen LogP contribution in [0, 0.1) is 12.7 Å². The van der Waals surface area contributed by atoms with Gasteiger partial charge in [0.1, 0.15) is 5.82 Å². The Labute approximate surface area is 183 Å². The van der Waals surface area contributed by atoms with E-state index >= 15 is 0 Å². The SMILES string of the molecule is COC(=O)c1ccccc1CSc1nnc(-c2ccccc2F)n1-c1ccccc1C. The highest BCUT2D eigenvalue weighted by atomic mass is 32.2. The van der Waals surface area contributed by atoms with E-state index in [-0.39, 0.29) is 11.8 Å². The minimum atomic E-state index is -0.386. The summed E-state index contributed by atoms with van der Waals surface area (Å²) in [4.78, 5) is 12.1. The molecule has 0 spiro atoms. The van der Waals surface area contributed by atoms with Crippen molar-refractivity contribution >= 4 is 17.7 Å². The van der Waals surface area contributed by atoms with Gasteiger partial charge < -0.3 is 4.74 Å². The number of hydrogen-bond acceptors (Lipinski definition) is 5. The van der Waals surface area contributed by atoms with Crippen LogP contribution in [-0.2, 0) is 10.5 Å². The molecule has 0 saturated heterocycles. The quantitative estimate of drug-likeness (QED) is 0.298. The summed E-state index contributed by atoms with van der Waals surface area (Å²) in [6.45, 7) is 1.99. The Hall–Kier alpha value is -3.45. The molecule has 0 fully saturated rings. The van der Waals surface area contributed by atoms with Crippen LogP contribution in [0.3, 0.4) is 0 Å². The number of benzene rings is 3. The Morgan fingerprint density at radius 3 is 2.48 bits per heavy atom. The monoisotopic (exact) mass is 433 g/mol. The first-order valence-electron chi connectivity index (χ1n) is 9.65. The molecule has 0 atom stereocenters. The first-order chi connectivity index (χ1) is 15.1. The second-order valence-corrected chi connectivity index (χ2v) is 7.79. The Kier molecular flexibility index (Phi) is 6.13. The van der Waals surface area contributed by atoms with Gasteiger partial charge in [0.25, 0.3) is 0 Å². The van der Waals surface area contributed by atoms with Gasteiger partial charge in [-0.15, -0.1) is 10.2 Å². The third kappa shape index (κ3) is 4.22. The van der Waals surface area contributed by atoms with E-state index in [1.807, 2.05) is 47.9 Å². The maximum absolute atomic E-state index is 14.6. The van der Waals surface area contributed by atoms with Gasteiger partial charge >= 0.3 is 5.97 Å². The van der Waals surface area contributed by atoms with Gasteiger partial charge in [-0.05, 0) is 42.3 Å². The molecule has 0 aliphatic rings. The fraction of sp³-hybridized carbons (Fsp3) is 0.125. The van der Waals surface area contributed by atoms with Crippen LogP contribution < -0.4 is 0 Å². The molecule has 31 heavy (non-hydrogen) atoms. The van der Waals surface area contributed by atoms with E-state index in [1.54, 1.807) is 30.3 Å². The Morgan fingerprint density at radius 2 is 1.71 bits per heavy atom. The second-order valence-electron chi connectivity index (χ2n) is 6.85. The number of nitrogens with zero attached hydrogens (tertiary/aromatic N) is 3. The van der Waals surface area contributed by atoms with Crippen LogP contribution in [0.2, 0.25) is 0 Å². The number of hydrogen-bond donors (Lipinski definition) is 0. The molecule has 0 N–H and O–H groups in total. The zero-order valence-corrected chi connectivity index (χ0v) is 17.9. The van der Waals surface area contributed by atoms with Crippen molar-refractivity contribution in [3.05, 3.63) is 95.3 Å². The van der Waals surface area contributed by atoms with Crippen molar-refractivity contribution in [2.24, 2.45) is 0 Å². The first kappa shape index (κ1) is 20.8. The molecule has 7 heteroatoms. The number of aryl methyl sites for hydroxylation is 1. The lowest BCUT2D eigenvalue weighted by molar-refractivity contribution is 0.0600. The maximum Gasteiger partial charge on any atom is 0.338 e. The van der Waals surface area contributed by atoms with E-state index in [0.717, 1.165) is 16.8 Å². The summed E-state index contributed by atoms with van der Waals surface area (Å²) in [6, 6.07) is 21.6. The number of carbonyl (C=O) groups excluding carboxylic acids is 1. The largest absolute Gasteiger partial charge is 0.465 e. The molecule has 0 unspecified atom stereocenters.